The van der Waals surface area contributed by atoms with E-state index in [4.69, 9.17) is 11.6 Å². The first kappa shape index (κ1) is 14.6. The lowest BCUT2D eigenvalue weighted by Gasteiger charge is -2.09. The van der Waals surface area contributed by atoms with E-state index in [1.807, 2.05) is 0 Å². The summed E-state index contributed by atoms with van der Waals surface area (Å²) in [6.45, 7) is -1.32. The van der Waals surface area contributed by atoms with Crippen LogP contribution < -0.4 is 4.74 Å². The highest BCUT2D eigenvalue weighted by atomic mass is 35.5. The molecule has 0 aliphatic rings. The fourth-order valence-corrected chi connectivity index (χ4v) is 1.46. The van der Waals surface area contributed by atoms with E-state index < -0.39 is 24.1 Å². The zero-order valence-corrected chi connectivity index (χ0v) is 10.1. The van der Waals surface area contributed by atoms with Crippen molar-refractivity contribution in [1.29, 1.82) is 0 Å². The molecule has 18 heavy (non-hydrogen) atoms. The maximum atomic E-state index is 13.3. The van der Waals surface area contributed by atoms with Gasteiger partial charge in [0.2, 0.25) is 0 Å². The van der Waals surface area contributed by atoms with Crippen molar-refractivity contribution >= 4 is 17.6 Å². The minimum absolute atomic E-state index is 0.0331. The molecule has 0 saturated carbocycles. The van der Waals surface area contributed by atoms with Crippen molar-refractivity contribution in [2.75, 3.05) is 6.61 Å². The van der Waals surface area contributed by atoms with Crippen molar-refractivity contribution in [3.8, 4) is 5.75 Å². The van der Waals surface area contributed by atoms with E-state index in [1.54, 1.807) is 6.92 Å². The van der Waals surface area contributed by atoms with Crippen LogP contribution in [0.5, 0.6) is 5.75 Å². The third-order valence-corrected chi connectivity index (χ3v) is 2.37. The summed E-state index contributed by atoms with van der Waals surface area (Å²) in [6, 6.07) is 1.80. The molecule has 0 heterocycles. The van der Waals surface area contributed by atoms with Gasteiger partial charge in [-0.1, -0.05) is 11.6 Å². The van der Waals surface area contributed by atoms with Crippen LogP contribution in [-0.2, 0) is 16.0 Å². The molecule has 0 N–H and O–H groups in total. The first-order valence-electron chi connectivity index (χ1n) is 5.02. The van der Waals surface area contributed by atoms with Crippen molar-refractivity contribution in [3.63, 3.8) is 0 Å². The Kier molecular flexibility index (Phi) is 5.27. The lowest BCUT2D eigenvalue weighted by molar-refractivity contribution is -0.142. The number of carbonyl (C=O) groups excluding carboxylic acids is 1. The standard InChI is InChI=1S/C11H10ClF3O3/c1-2-17-9(16)4-6-3-7(18-11(14)15)5-8(13)10(6)12/h3,5,11H,2,4H2,1H3. The number of alkyl halides is 2. The van der Waals surface area contributed by atoms with Gasteiger partial charge in [0.05, 0.1) is 18.1 Å². The van der Waals surface area contributed by atoms with Crippen LogP contribution in [0, 0.1) is 5.82 Å². The third kappa shape index (κ3) is 4.10. The highest BCUT2D eigenvalue weighted by Crippen LogP contribution is 2.27. The molecule has 0 aliphatic heterocycles. The number of ether oxygens (including phenoxy) is 2. The van der Waals surface area contributed by atoms with Gasteiger partial charge in [-0.3, -0.25) is 4.79 Å². The number of hydrogen-bond donors (Lipinski definition) is 0. The van der Waals surface area contributed by atoms with E-state index in [-0.39, 0.29) is 23.6 Å². The van der Waals surface area contributed by atoms with Gasteiger partial charge in [-0.05, 0) is 18.6 Å². The summed E-state index contributed by atoms with van der Waals surface area (Å²) in [5, 5.41) is -0.315. The van der Waals surface area contributed by atoms with Crippen LogP contribution in [-0.4, -0.2) is 19.2 Å². The van der Waals surface area contributed by atoms with E-state index in [0.29, 0.717) is 0 Å². The smallest absolute Gasteiger partial charge is 0.387 e. The van der Waals surface area contributed by atoms with Gasteiger partial charge >= 0.3 is 12.6 Å². The van der Waals surface area contributed by atoms with Gasteiger partial charge < -0.3 is 9.47 Å². The van der Waals surface area contributed by atoms with Gasteiger partial charge in [0, 0.05) is 6.07 Å². The lowest BCUT2D eigenvalue weighted by Crippen LogP contribution is -2.09. The Morgan fingerprint density at radius 1 is 1.44 bits per heavy atom. The molecule has 0 aliphatic carbocycles. The Balaban J connectivity index is 2.95. The summed E-state index contributed by atoms with van der Waals surface area (Å²) < 4.78 is 46.0. The molecule has 0 spiro atoms. The second-order valence-corrected chi connectivity index (χ2v) is 3.62. The molecule has 0 unspecified atom stereocenters. The van der Waals surface area contributed by atoms with Crippen molar-refractivity contribution in [2.45, 2.75) is 20.0 Å². The quantitative estimate of drug-likeness (QED) is 0.778. The Morgan fingerprint density at radius 2 is 2.11 bits per heavy atom. The maximum Gasteiger partial charge on any atom is 0.387 e. The molecule has 1 aromatic rings. The number of halogens is 4. The molecule has 100 valence electrons. The van der Waals surface area contributed by atoms with Gasteiger partial charge in [-0.25, -0.2) is 4.39 Å². The van der Waals surface area contributed by atoms with Crippen LogP contribution in [0.4, 0.5) is 13.2 Å². The molecule has 0 saturated heterocycles. The first-order valence-corrected chi connectivity index (χ1v) is 5.40. The van der Waals surface area contributed by atoms with Gasteiger partial charge in [0.1, 0.15) is 11.6 Å². The highest BCUT2D eigenvalue weighted by Gasteiger charge is 2.15. The lowest BCUT2D eigenvalue weighted by atomic mass is 10.1. The fourth-order valence-electron chi connectivity index (χ4n) is 1.29. The number of carbonyl (C=O) groups is 1. The molecule has 7 heteroatoms. The number of esters is 1. The molecule has 0 aromatic heterocycles. The topological polar surface area (TPSA) is 35.5 Å². The minimum Gasteiger partial charge on any atom is -0.466 e. The van der Waals surface area contributed by atoms with Crippen LogP contribution in [0.25, 0.3) is 0 Å². The van der Waals surface area contributed by atoms with Gasteiger partial charge in [-0.2, -0.15) is 8.78 Å². The van der Waals surface area contributed by atoms with Gasteiger partial charge in [0.15, 0.2) is 0 Å². The van der Waals surface area contributed by atoms with Crippen LogP contribution in [0.2, 0.25) is 5.02 Å². The Morgan fingerprint density at radius 3 is 2.67 bits per heavy atom. The van der Waals surface area contributed by atoms with E-state index in [9.17, 15) is 18.0 Å². The zero-order valence-electron chi connectivity index (χ0n) is 9.38. The van der Waals surface area contributed by atoms with Crippen LogP contribution in [0.1, 0.15) is 12.5 Å². The van der Waals surface area contributed by atoms with Crippen LogP contribution in [0.15, 0.2) is 12.1 Å². The molecular formula is C11H10ClF3O3. The summed E-state index contributed by atoms with van der Waals surface area (Å²) in [5.41, 5.74) is 0.0331. The van der Waals surface area contributed by atoms with Crippen molar-refractivity contribution in [3.05, 3.63) is 28.5 Å². The Bertz CT molecular complexity index is 438. The summed E-state index contributed by atoms with van der Waals surface area (Å²) >= 11 is 5.62. The number of hydrogen-bond acceptors (Lipinski definition) is 3. The molecule has 1 rings (SSSR count). The molecule has 3 nitrogen and oxygen atoms in total. The first-order chi connectivity index (χ1) is 8.43. The van der Waals surface area contributed by atoms with E-state index >= 15 is 0 Å². The molecule has 0 bridgehead atoms. The summed E-state index contributed by atoms with van der Waals surface area (Å²) in [7, 11) is 0. The Hall–Kier alpha value is -1.43. The van der Waals surface area contributed by atoms with Crippen molar-refractivity contribution < 1.29 is 27.4 Å². The second kappa shape index (κ2) is 6.49. The normalized spacial score (nSPS) is 10.6. The molecule has 0 fully saturated rings. The predicted octanol–water partition coefficient (Wildman–Crippen LogP) is 3.19. The monoisotopic (exact) mass is 282 g/mol. The third-order valence-electron chi connectivity index (χ3n) is 1.94. The fraction of sp³-hybridized carbons (Fsp3) is 0.364. The van der Waals surface area contributed by atoms with Crippen molar-refractivity contribution in [1.82, 2.24) is 0 Å². The predicted molar refractivity (Wildman–Crippen MR) is 58.4 cm³/mol. The number of rotatable bonds is 5. The second-order valence-electron chi connectivity index (χ2n) is 3.24. The average molecular weight is 283 g/mol. The molecule has 0 atom stereocenters. The molecule has 0 amide bonds. The zero-order chi connectivity index (χ0) is 13.7. The Labute approximate surface area is 106 Å². The van der Waals surface area contributed by atoms with E-state index in [2.05, 4.69) is 9.47 Å². The van der Waals surface area contributed by atoms with Gasteiger partial charge in [-0.15, -0.1) is 0 Å². The SMILES string of the molecule is CCOC(=O)Cc1cc(OC(F)F)cc(F)c1Cl. The highest BCUT2D eigenvalue weighted by molar-refractivity contribution is 6.31. The van der Waals surface area contributed by atoms with Crippen LogP contribution >= 0.6 is 11.6 Å². The number of benzene rings is 1. The average Bonchev–Trinajstić information content (AvgIpc) is 2.24. The minimum atomic E-state index is -3.08. The van der Waals surface area contributed by atoms with E-state index in [1.165, 1.54) is 0 Å². The van der Waals surface area contributed by atoms with Gasteiger partial charge in [0.25, 0.3) is 0 Å². The molecule has 0 radical (unpaired) electrons. The largest absolute Gasteiger partial charge is 0.466 e. The summed E-state index contributed by atoms with van der Waals surface area (Å²) in [6.07, 6.45) is -0.315. The molecule has 1 aromatic carbocycles. The van der Waals surface area contributed by atoms with E-state index in [0.717, 1.165) is 12.1 Å². The summed E-state index contributed by atoms with van der Waals surface area (Å²) in [5.74, 6) is -1.96. The molecular weight excluding hydrogens is 273 g/mol. The summed E-state index contributed by atoms with van der Waals surface area (Å²) in [4.78, 5) is 11.2. The maximum absolute atomic E-state index is 13.3. The van der Waals surface area contributed by atoms with Crippen molar-refractivity contribution in [2.24, 2.45) is 0 Å². The van der Waals surface area contributed by atoms with Crippen LogP contribution in [0.3, 0.4) is 0 Å².